The van der Waals surface area contributed by atoms with Gasteiger partial charge < -0.3 is 4.90 Å². The van der Waals surface area contributed by atoms with E-state index in [-0.39, 0.29) is 0 Å². The minimum absolute atomic E-state index is 1.35. The predicted octanol–water partition coefficient (Wildman–Crippen LogP) is 4.10. The van der Waals surface area contributed by atoms with Crippen molar-refractivity contribution >= 4 is 17.4 Å². The highest BCUT2D eigenvalue weighted by molar-refractivity contribution is 8.03. The first-order valence-corrected chi connectivity index (χ1v) is 6.02. The molecule has 1 aliphatic heterocycles. The fourth-order valence-electron chi connectivity index (χ4n) is 2.14. The summed E-state index contributed by atoms with van der Waals surface area (Å²) < 4.78 is 0. The van der Waals surface area contributed by atoms with Crippen LogP contribution in [0.25, 0.3) is 0 Å². The number of rotatable bonds is 0. The lowest BCUT2D eigenvalue weighted by Crippen LogP contribution is -2.11. The van der Waals surface area contributed by atoms with Crippen molar-refractivity contribution in [3.8, 4) is 0 Å². The van der Waals surface area contributed by atoms with Gasteiger partial charge in [-0.15, -0.1) is 0 Å². The van der Waals surface area contributed by atoms with Gasteiger partial charge in [0.15, 0.2) is 0 Å². The van der Waals surface area contributed by atoms with Crippen LogP contribution in [0, 0.1) is 13.8 Å². The average molecular weight is 219 g/mol. The molecule has 0 radical (unpaired) electrons. The van der Waals surface area contributed by atoms with E-state index in [2.05, 4.69) is 51.8 Å². The third-order valence-corrected chi connectivity index (χ3v) is 4.09. The fourth-order valence-corrected chi connectivity index (χ4v) is 3.42. The standard InChI is InChI=1S/C13H17NS/c1-8(2)13-14(5)12-10(4)6-9(3)7-11(12)15-13/h6-7H,1-5H3. The zero-order chi connectivity index (χ0) is 11.2. The van der Waals surface area contributed by atoms with Crippen molar-refractivity contribution < 1.29 is 0 Å². The molecule has 0 fully saturated rings. The van der Waals surface area contributed by atoms with Gasteiger partial charge in [0.1, 0.15) is 0 Å². The first-order valence-electron chi connectivity index (χ1n) is 5.21. The van der Waals surface area contributed by atoms with Crippen molar-refractivity contribution in [2.24, 2.45) is 0 Å². The number of aryl methyl sites for hydroxylation is 2. The molecule has 80 valence electrons. The highest BCUT2D eigenvalue weighted by Crippen LogP contribution is 2.48. The molecule has 15 heavy (non-hydrogen) atoms. The van der Waals surface area contributed by atoms with Gasteiger partial charge in [-0.25, -0.2) is 0 Å². The highest BCUT2D eigenvalue weighted by atomic mass is 32.2. The Bertz CT molecular complexity index is 442. The lowest BCUT2D eigenvalue weighted by molar-refractivity contribution is 1.11. The van der Waals surface area contributed by atoms with Crippen LogP contribution < -0.4 is 4.90 Å². The van der Waals surface area contributed by atoms with Gasteiger partial charge in [0.05, 0.1) is 10.7 Å². The number of allylic oxidation sites excluding steroid dienone is 1. The summed E-state index contributed by atoms with van der Waals surface area (Å²) >= 11 is 1.89. The Balaban J connectivity index is 2.60. The molecule has 0 spiro atoms. The summed E-state index contributed by atoms with van der Waals surface area (Å²) in [6, 6.07) is 4.53. The summed E-state index contributed by atoms with van der Waals surface area (Å²) in [5, 5.41) is 1.37. The molecule has 0 saturated heterocycles. The topological polar surface area (TPSA) is 3.24 Å². The molecule has 0 amide bonds. The van der Waals surface area contributed by atoms with Gasteiger partial charge in [-0.3, -0.25) is 0 Å². The van der Waals surface area contributed by atoms with E-state index in [4.69, 9.17) is 0 Å². The van der Waals surface area contributed by atoms with Gasteiger partial charge in [-0.2, -0.15) is 0 Å². The van der Waals surface area contributed by atoms with Crippen LogP contribution in [0.1, 0.15) is 25.0 Å². The number of nitrogens with zero attached hydrogens (tertiary/aromatic N) is 1. The van der Waals surface area contributed by atoms with Crippen LogP contribution in [0.2, 0.25) is 0 Å². The average Bonchev–Trinajstić information content (AvgIpc) is 2.42. The SMILES string of the molecule is CC(C)=C1Sc2cc(C)cc(C)c2N1C. The van der Waals surface area contributed by atoms with Gasteiger partial charge in [0, 0.05) is 11.9 Å². The number of fused-ring (bicyclic) bond motifs is 1. The molecule has 1 heterocycles. The maximum atomic E-state index is 2.31. The van der Waals surface area contributed by atoms with Gasteiger partial charge >= 0.3 is 0 Å². The van der Waals surface area contributed by atoms with Crippen LogP contribution in [-0.4, -0.2) is 7.05 Å². The number of benzene rings is 1. The molecular formula is C13H17NS. The van der Waals surface area contributed by atoms with Gasteiger partial charge in [-0.1, -0.05) is 17.8 Å². The fraction of sp³-hybridized carbons (Fsp3) is 0.385. The third kappa shape index (κ3) is 1.67. The number of hydrogen-bond donors (Lipinski definition) is 0. The van der Waals surface area contributed by atoms with Gasteiger partial charge in [0.2, 0.25) is 0 Å². The third-order valence-electron chi connectivity index (χ3n) is 2.68. The number of hydrogen-bond acceptors (Lipinski definition) is 2. The summed E-state index contributed by atoms with van der Waals surface area (Å²) in [7, 11) is 2.16. The Labute approximate surface area is 96.2 Å². The molecule has 0 saturated carbocycles. The van der Waals surface area contributed by atoms with Crippen LogP contribution in [0.5, 0.6) is 0 Å². The second-order valence-electron chi connectivity index (χ2n) is 4.39. The normalized spacial score (nSPS) is 14.5. The van der Waals surface area contributed by atoms with Gasteiger partial charge in [0.25, 0.3) is 0 Å². The molecule has 1 aromatic rings. The van der Waals surface area contributed by atoms with Crippen molar-refractivity contribution in [2.45, 2.75) is 32.6 Å². The molecular weight excluding hydrogens is 202 g/mol. The summed E-state index contributed by atoms with van der Waals surface area (Å²) in [6.45, 7) is 8.70. The molecule has 1 aliphatic rings. The summed E-state index contributed by atoms with van der Waals surface area (Å²) in [4.78, 5) is 3.70. The van der Waals surface area contributed by atoms with E-state index in [0.29, 0.717) is 0 Å². The van der Waals surface area contributed by atoms with E-state index in [1.807, 2.05) is 11.8 Å². The Morgan fingerprint density at radius 2 is 1.87 bits per heavy atom. The van der Waals surface area contributed by atoms with E-state index >= 15 is 0 Å². The van der Waals surface area contributed by atoms with Crippen LogP contribution >= 0.6 is 11.8 Å². The smallest absolute Gasteiger partial charge is 0.0785 e. The van der Waals surface area contributed by atoms with E-state index < -0.39 is 0 Å². The number of thioether (sulfide) groups is 1. The Morgan fingerprint density at radius 3 is 2.47 bits per heavy atom. The monoisotopic (exact) mass is 219 g/mol. The lowest BCUT2D eigenvalue weighted by Gasteiger charge is -2.17. The number of anilines is 1. The lowest BCUT2D eigenvalue weighted by atomic mass is 10.1. The van der Waals surface area contributed by atoms with E-state index in [1.54, 1.807) is 0 Å². The quantitative estimate of drug-likeness (QED) is 0.646. The van der Waals surface area contributed by atoms with Crippen LogP contribution in [0.4, 0.5) is 5.69 Å². The van der Waals surface area contributed by atoms with Crippen molar-refractivity contribution in [2.75, 3.05) is 11.9 Å². The zero-order valence-electron chi connectivity index (χ0n) is 10.0. The molecule has 2 rings (SSSR count). The summed E-state index contributed by atoms with van der Waals surface area (Å²) in [5.41, 5.74) is 5.48. The minimum Gasteiger partial charge on any atom is -0.338 e. The largest absolute Gasteiger partial charge is 0.338 e. The Morgan fingerprint density at radius 1 is 1.20 bits per heavy atom. The maximum absolute atomic E-state index is 2.31. The molecule has 0 atom stereocenters. The van der Waals surface area contributed by atoms with Crippen LogP contribution in [0.15, 0.2) is 27.6 Å². The van der Waals surface area contributed by atoms with Crippen LogP contribution in [0.3, 0.4) is 0 Å². The minimum atomic E-state index is 1.35. The van der Waals surface area contributed by atoms with E-state index in [9.17, 15) is 0 Å². The molecule has 2 heteroatoms. The Hall–Kier alpha value is -0.890. The Kier molecular flexibility index (Phi) is 2.55. The highest BCUT2D eigenvalue weighted by Gasteiger charge is 2.24. The second-order valence-corrected chi connectivity index (χ2v) is 5.43. The molecule has 0 aliphatic carbocycles. The molecule has 0 aromatic heterocycles. The zero-order valence-corrected chi connectivity index (χ0v) is 10.8. The molecule has 1 aromatic carbocycles. The first-order chi connectivity index (χ1) is 7.00. The van der Waals surface area contributed by atoms with Crippen molar-refractivity contribution in [3.63, 3.8) is 0 Å². The molecule has 0 bridgehead atoms. The molecule has 0 unspecified atom stereocenters. The first kappa shape index (κ1) is 10.6. The van der Waals surface area contributed by atoms with E-state index in [0.717, 1.165) is 0 Å². The van der Waals surface area contributed by atoms with Crippen LogP contribution in [-0.2, 0) is 0 Å². The van der Waals surface area contributed by atoms with Crippen molar-refractivity contribution in [3.05, 3.63) is 33.9 Å². The van der Waals surface area contributed by atoms with E-state index in [1.165, 1.54) is 32.3 Å². The van der Waals surface area contributed by atoms with Crippen molar-refractivity contribution in [1.82, 2.24) is 0 Å². The maximum Gasteiger partial charge on any atom is 0.0785 e. The second kappa shape index (κ2) is 3.60. The molecule has 1 nitrogen and oxygen atoms in total. The summed E-state index contributed by atoms with van der Waals surface area (Å²) in [5.74, 6) is 0. The van der Waals surface area contributed by atoms with Gasteiger partial charge in [-0.05, 0) is 50.5 Å². The van der Waals surface area contributed by atoms with Crippen molar-refractivity contribution in [1.29, 1.82) is 0 Å². The summed E-state index contributed by atoms with van der Waals surface area (Å²) in [6.07, 6.45) is 0. The molecule has 0 N–H and O–H groups in total. The predicted molar refractivity (Wildman–Crippen MR) is 68.6 cm³/mol.